The lowest BCUT2D eigenvalue weighted by molar-refractivity contribution is -0.144. The third-order valence-electron chi connectivity index (χ3n) is 10.9. The number of rotatable bonds is 18. The Morgan fingerprint density at radius 3 is 2.27 bits per heavy atom. The van der Waals surface area contributed by atoms with Crippen molar-refractivity contribution in [1.82, 2.24) is 36.0 Å². The number of benzene rings is 3. The summed E-state index contributed by atoms with van der Waals surface area (Å²) in [5.41, 5.74) is 11.8. The minimum Gasteiger partial charge on any atom is -0.507 e. The van der Waals surface area contributed by atoms with Crippen LogP contribution in [-0.4, -0.2) is 85.3 Å². The van der Waals surface area contributed by atoms with Crippen LogP contribution < -0.4 is 26.4 Å². The molecule has 0 saturated carbocycles. The molecule has 5 aromatic rings. The quantitative estimate of drug-likeness (QED) is 0.0573. The predicted octanol–water partition coefficient (Wildman–Crippen LogP) is 5.86. The number of amides is 4. The number of unbranched alkanes of at least 4 members (excludes halogenated alkanes) is 2. The van der Waals surface area contributed by atoms with Gasteiger partial charge >= 0.3 is 0 Å². The SMILES string of the molecule is Cc1ncsc1-c1ccc(CNC(=O)C2CC(O)CN2C(=O)C(NC(=O)CCCCCC(=O)NC(COc2cc(-c3ccccc3O)nnc2N)c2ccccc2)C(C)(C)C)cc1. The molecule has 1 saturated heterocycles. The number of carbonyl (C=O) groups excluding carboxylic acids is 4. The van der Waals surface area contributed by atoms with Crippen LogP contribution in [0.4, 0.5) is 5.82 Å². The number of aromatic nitrogens is 3. The lowest BCUT2D eigenvalue weighted by Gasteiger charge is -2.35. The van der Waals surface area contributed by atoms with Crippen molar-refractivity contribution in [3.63, 3.8) is 0 Å². The fourth-order valence-electron chi connectivity index (χ4n) is 7.43. The molecule has 0 aliphatic carbocycles. The Balaban J connectivity index is 0.968. The molecule has 15 nitrogen and oxygen atoms in total. The average molecular weight is 877 g/mol. The lowest BCUT2D eigenvalue weighted by Crippen LogP contribution is -2.57. The number of aromatic hydroxyl groups is 1. The molecule has 63 heavy (non-hydrogen) atoms. The van der Waals surface area contributed by atoms with E-state index in [1.165, 1.54) is 4.90 Å². The van der Waals surface area contributed by atoms with Gasteiger partial charge in [-0.2, -0.15) is 0 Å². The van der Waals surface area contributed by atoms with Crippen molar-refractivity contribution in [2.24, 2.45) is 5.41 Å². The van der Waals surface area contributed by atoms with Crippen molar-refractivity contribution in [3.8, 4) is 33.2 Å². The number of carbonyl (C=O) groups is 4. The Bertz CT molecular complexity index is 2350. The number of aliphatic hydroxyl groups excluding tert-OH is 1. The van der Waals surface area contributed by atoms with E-state index in [4.69, 9.17) is 10.5 Å². The second-order valence-electron chi connectivity index (χ2n) is 16.8. The van der Waals surface area contributed by atoms with E-state index >= 15 is 0 Å². The Hall–Kier alpha value is -6.39. The van der Waals surface area contributed by atoms with Gasteiger partial charge in [-0.1, -0.05) is 93.9 Å². The van der Waals surface area contributed by atoms with Gasteiger partial charge in [0.2, 0.25) is 23.6 Å². The molecular weight excluding hydrogens is 821 g/mol. The highest BCUT2D eigenvalue weighted by molar-refractivity contribution is 7.13. The van der Waals surface area contributed by atoms with Gasteiger partial charge < -0.3 is 41.5 Å². The summed E-state index contributed by atoms with van der Waals surface area (Å²) in [6.45, 7) is 7.78. The molecule has 1 fully saturated rings. The average Bonchev–Trinajstić information content (AvgIpc) is 3.88. The van der Waals surface area contributed by atoms with Crippen molar-refractivity contribution in [1.29, 1.82) is 0 Å². The van der Waals surface area contributed by atoms with E-state index in [2.05, 4.69) is 31.1 Å². The number of aliphatic hydroxyl groups is 1. The number of nitrogen functional groups attached to an aromatic ring is 1. The van der Waals surface area contributed by atoms with Crippen LogP contribution in [0.1, 0.15) is 82.2 Å². The molecule has 4 unspecified atom stereocenters. The number of nitrogens with one attached hydrogen (secondary N) is 3. The van der Waals surface area contributed by atoms with Crippen LogP contribution in [-0.2, 0) is 25.7 Å². The molecule has 0 spiro atoms. The number of hydrogen-bond acceptors (Lipinski definition) is 12. The van der Waals surface area contributed by atoms with E-state index in [1.807, 2.05) is 87.8 Å². The Morgan fingerprint density at radius 1 is 0.921 bits per heavy atom. The number of nitrogens with zero attached hydrogens (tertiary/aromatic N) is 4. The van der Waals surface area contributed by atoms with Crippen LogP contribution in [0.5, 0.6) is 11.5 Å². The molecule has 0 radical (unpaired) electrons. The summed E-state index contributed by atoms with van der Waals surface area (Å²) in [4.78, 5) is 60.8. The molecule has 1 aliphatic rings. The Morgan fingerprint density at radius 2 is 1.60 bits per heavy atom. The van der Waals surface area contributed by atoms with E-state index < -0.39 is 35.6 Å². The number of phenolic OH excluding ortho intramolecular Hbond substituents is 1. The molecule has 332 valence electrons. The van der Waals surface area contributed by atoms with Gasteiger partial charge in [-0.15, -0.1) is 21.5 Å². The highest BCUT2D eigenvalue weighted by Gasteiger charge is 2.44. The van der Waals surface area contributed by atoms with E-state index in [9.17, 15) is 29.4 Å². The normalized spacial score (nSPS) is 15.9. The van der Waals surface area contributed by atoms with Crippen LogP contribution >= 0.6 is 11.3 Å². The molecule has 16 heteroatoms. The fraction of sp³-hybridized carbons (Fsp3) is 0.383. The van der Waals surface area contributed by atoms with Crippen LogP contribution in [0.2, 0.25) is 0 Å². The molecule has 7 N–H and O–H groups in total. The lowest BCUT2D eigenvalue weighted by atomic mass is 9.85. The maximum atomic E-state index is 14.1. The molecule has 1 aliphatic heterocycles. The maximum Gasteiger partial charge on any atom is 0.246 e. The standard InChI is InChI=1S/C47H56N8O7S/c1-29-42(63-28-50-29)32-21-19-30(20-22-32)25-49-45(60)37-23-33(56)26-55(37)46(61)43(47(2,3)4)52-41(59)18-10-6-9-17-40(58)51-36(31-13-7-5-8-14-31)27-62-39-24-35(53-54-44(39)48)34-15-11-12-16-38(34)57/h5,7-8,11-16,19-22,24,28,33,36-37,43,56-57H,6,9-10,17-18,23,25-27H2,1-4H3,(H2,48,54)(H,49,60)(H,51,58)(H,52,59). The van der Waals surface area contributed by atoms with E-state index in [-0.39, 0.29) is 74.0 Å². The molecule has 4 amide bonds. The highest BCUT2D eigenvalue weighted by Crippen LogP contribution is 2.32. The summed E-state index contributed by atoms with van der Waals surface area (Å²) in [7, 11) is 0. The number of hydrogen-bond donors (Lipinski definition) is 6. The molecule has 6 rings (SSSR count). The van der Waals surface area contributed by atoms with Crippen molar-refractivity contribution in [2.45, 2.75) is 97.0 Å². The molecule has 4 atom stereocenters. The van der Waals surface area contributed by atoms with Gasteiger partial charge in [-0.3, -0.25) is 19.2 Å². The zero-order chi connectivity index (χ0) is 45.1. The molecular formula is C47H56N8O7S. The molecule has 0 bridgehead atoms. The first-order valence-corrected chi connectivity index (χ1v) is 22.0. The zero-order valence-corrected chi connectivity index (χ0v) is 36.9. The van der Waals surface area contributed by atoms with E-state index in [0.717, 1.165) is 27.3 Å². The smallest absolute Gasteiger partial charge is 0.246 e. The first kappa shape index (κ1) is 46.1. The number of thiazole rings is 1. The monoisotopic (exact) mass is 876 g/mol. The number of ether oxygens (including phenoxy) is 1. The van der Waals surface area contributed by atoms with Gasteiger partial charge in [0.1, 0.15) is 30.1 Å². The summed E-state index contributed by atoms with van der Waals surface area (Å²) < 4.78 is 6.07. The second kappa shape index (κ2) is 21.1. The van der Waals surface area contributed by atoms with Gasteiger partial charge in [0.15, 0.2) is 11.6 Å². The van der Waals surface area contributed by atoms with Crippen molar-refractivity contribution in [2.75, 3.05) is 18.9 Å². The summed E-state index contributed by atoms with van der Waals surface area (Å²) in [6.07, 6.45) is 1.16. The minimum atomic E-state index is -0.938. The number of likely N-dealkylation sites (tertiary alicyclic amines) is 1. The summed E-state index contributed by atoms with van der Waals surface area (Å²) in [5.74, 6) is -0.957. The second-order valence-corrected chi connectivity index (χ2v) is 17.7. The first-order chi connectivity index (χ1) is 30.2. The summed E-state index contributed by atoms with van der Waals surface area (Å²) >= 11 is 1.57. The topological polar surface area (TPSA) is 222 Å². The summed E-state index contributed by atoms with van der Waals surface area (Å²) in [5, 5.41) is 37.9. The Kier molecular flexibility index (Phi) is 15.5. The minimum absolute atomic E-state index is 0.0167. The largest absolute Gasteiger partial charge is 0.507 e. The summed E-state index contributed by atoms with van der Waals surface area (Å²) in [6, 6.07) is 23.2. The van der Waals surface area contributed by atoms with Crippen LogP contribution in [0.3, 0.4) is 0 Å². The first-order valence-electron chi connectivity index (χ1n) is 21.1. The van der Waals surface area contributed by atoms with Crippen LogP contribution in [0, 0.1) is 12.3 Å². The van der Waals surface area contributed by atoms with Crippen molar-refractivity contribution in [3.05, 3.63) is 107 Å². The van der Waals surface area contributed by atoms with Crippen LogP contribution in [0.15, 0.2) is 90.4 Å². The highest BCUT2D eigenvalue weighted by atomic mass is 32.1. The van der Waals surface area contributed by atoms with Gasteiger partial charge in [0.25, 0.3) is 0 Å². The number of anilines is 1. The zero-order valence-electron chi connectivity index (χ0n) is 36.0. The number of phenols is 1. The third kappa shape index (κ3) is 12.4. The predicted molar refractivity (Wildman–Crippen MR) is 241 cm³/mol. The van der Waals surface area contributed by atoms with Gasteiger partial charge in [0.05, 0.1) is 28.2 Å². The number of nitrogens with two attached hydrogens (primary N) is 1. The van der Waals surface area contributed by atoms with Gasteiger partial charge in [-0.25, -0.2) is 4.98 Å². The van der Waals surface area contributed by atoms with E-state index in [0.29, 0.717) is 30.5 Å². The molecule has 3 heterocycles. The molecule has 3 aromatic carbocycles. The fourth-order valence-corrected chi connectivity index (χ4v) is 8.24. The van der Waals surface area contributed by atoms with Gasteiger partial charge in [-0.05, 0) is 54.0 Å². The maximum absolute atomic E-state index is 14.1. The Labute approximate surface area is 371 Å². The van der Waals surface area contributed by atoms with Crippen LogP contribution in [0.25, 0.3) is 21.7 Å². The third-order valence-corrected chi connectivity index (χ3v) is 11.9. The number of para-hydroxylation sites is 1. The number of aryl methyl sites for hydroxylation is 1. The van der Waals surface area contributed by atoms with Crippen molar-refractivity contribution >= 4 is 40.8 Å². The van der Waals surface area contributed by atoms with Crippen molar-refractivity contribution < 1.29 is 34.1 Å². The van der Waals surface area contributed by atoms with E-state index in [1.54, 1.807) is 41.7 Å². The molecule has 2 aromatic heterocycles. The van der Waals surface area contributed by atoms with Gasteiger partial charge in [0, 0.05) is 44.0 Å². The number of β-amino-alcohol motifs (C(OH)–C–C–N with tert-alkyl or cyclic N) is 1.